The van der Waals surface area contributed by atoms with Gasteiger partial charge in [0.1, 0.15) is 0 Å². The number of aromatic nitrogens is 1. The lowest BCUT2D eigenvalue weighted by Crippen LogP contribution is -2.66. The van der Waals surface area contributed by atoms with Crippen molar-refractivity contribution in [3.63, 3.8) is 0 Å². The van der Waals surface area contributed by atoms with Gasteiger partial charge in [0.15, 0.2) is 0 Å². The smallest absolute Gasteiger partial charge is 0.0964 e. The van der Waals surface area contributed by atoms with Crippen molar-refractivity contribution in [3.05, 3.63) is 52.1 Å². The largest absolute Gasteiger partial charge is 0.387 e. The van der Waals surface area contributed by atoms with Gasteiger partial charge in [-0.25, -0.2) is 0 Å². The topological polar surface area (TPSA) is 48.0 Å². The Morgan fingerprint density at radius 1 is 1.00 bits per heavy atom. The van der Waals surface area contributed by atoms with Gasteiger partial charge in [-0.15, -0.1) is 0 Å². The van der Waals surface area contributed by atoms with E-state index in [0.717, 1.165) is 52.5 Å². The molecule has 1 fully saturated rings. The molecule has 2 aromatic carbocycles. The van der Waals surface area contributed by atoms with E-state index >= 15 is 0 Å². The molecule has 1 aliphatic heterocycles. The Hall–Kier alpha value is -1.68. The van der Waals surface area contributed by atoms with Crippen LogP contribution in [0.3, 0.4) is 0 Å². The maximum Gasteiger partial charge on any atom is 0.0964 e. The van der Waals surface area contributed by atoms with Crippen molar-refractivity contribution < 1.29 is 5.11 Å². The van der Waals surface area contributed by atoms with Crippen molar-refractivity contribution in [2.75, 3.05) is 5.32 Å². The number of H-pyrrole nitrogens is 1. The number of rotatable bonds is 1. The minimum Gasteiger partial charge on any atom is -0.387 e. The molecule has 0 amide bonds. The fourth-order valence-corrected chi connectivity index (χ4v) is 6.15. The third-order valence-corrected chi connectivity index (χ3v) is 8.15. The molecule has 3 aromatic rings. The van der Waals surface area contributed by atoms with E-state index in [2.05, 4.69) is 49.3 Å². The van der Waals surface area contributed by atoms with E-state index in [1.165, 1.54) is 0 Å². The first-order chi connectivity index (χ1) is 13.2. The average molecular weight is 415 g/mol. The van der Waals surface area contributed by atoms with Crippen molar-refractivity contribution >= 4 is 39.8 Å². The Bertz CT molecular complexity index is 1120. The molecule has 2 atom stereocenters. The van der Waals surface area contributed by atoms with E-state index in [1.54, 1.807) is 0 Å². The standard InChI is InChI=1S/C23H24Cl2N2O/c1-21(2)23(28)10-5-9-22(23,3)16-12-15(17(24)18(25)20(16)27-21)14-7-4-6-13-8-11-26-19(13)14/h4,6-8,11-12,26-28H,5,9-10H2,1-3H3. The van der Waals surface area contributed by atoms with Crippen molar-refractivity contribution in [1.29, 1.82) is 0 Å². The predicted molar refractivity (Wildman–Crippen MR) is 118 cm³/mol. The van der Waals surface area contributed by atoms with Gasteiger partial charge < -0.3 is 15.4 Å². The summed E-state index contributed by atoms with van der Waals surface area (Å²) in [7, 11) is 0. The normalized spacial score (nSPS) is 28.1. The Labute approximate surface area is 175 Å². The van der Waals surface area contributed by atoms with E-state index in [0.29, 0.717) is 10.0 Å². The van der Waals surface area contributed by atoms with Gasteiger partial charge in [0.2, 0.25) is 0 Å². The number of fused-ring (bicyclic) bond motifs is 4. The van der Waals surface area contributed by atoms with Crippen LogP contribution in [0.4, 0.5) is 5.69 Å². The summed E-state index contributed by atoms with van der Waals surface area (Å²) >= 11 is 13.6. The Kier molecular flexibility index (Phi) is 3.73. The van der Waals surface area contributed by atoms with Gasteiger partial charge in [0.05, 0.1) is 32.4 Å². The lowest BCUT2D eigenvalue weighted by atomic mass is 9.60. The lowest BCUT2D eigenvalue weighted by molar-refractivity contribution is -0.0628. The minimum absolute atomic E-state index is 0.385. The number of benzene rings is 2. The molecule has 0 bridgehead atoms. The third kappa shape index (κ3) is 2.10. The van der Waals surface area contributed by atoms with Gasteiger partial charge in [0, 0.05) is 22.7 Å². The molecule has 2 heterocycles. The zero-order chi connectivity index (χ0) is 19.9. The number of para-hydroxylation sites is 1. The molecule has 0 spiro atoms. The zero-order valence-electron chi connectivity index (χ0n) is 16.3. The van der Waals surface area contributed by atoms with Crippen molar-refractivity contribution in [2.45, 2.75) is 56.6 Å². The van der Waals surface area contributed by atoms with E-state index in [1.807, 2.05) is 18.3 Å². The number of halogens is 2. The van der Waals surface area contributed by atoms with E-state index in [-0.39, 0.29) is 5.41 Å². The highest BCUT2D eigenvalue weighted by atomic mass is 35.5. The predicted octanol–water partition coefficient (Wildman–Crippen LogP) is 6.52. The highest BCUT2D eigenvalue weighted by Gasteiger charge is 2.63. The summed E-state index contributed by atoms with van der Waals surface area (Å²) in [5.74, 6) is 0. The van der Waals surface area contributed by atoms with Crippen LogP contribution in [0, 0.1) is 0 Å². The molecule has 3 N–H and O–H groups in total. The van der Waals surface area contributed by atoms with Crippen molar-refractivity contribution in [2.24, 2.45) is 0 Å². The average Bonchev–Trinajstić information content (AvgIpc) is 3.25. The third-order valence-electron chi connectivity index (χ3n) is 7.28. The molecular weight excluding hydrogens is 391 g/mol. The molecule has 1 aliphatic carbocycles. The van der Waals surface area contributed by atoms with Gasteiger partial charge >= 0.3 is 0 Å². The molecule has 146 valence electrons. The summed E-state index contributed by atoms with van der Waals surface area (Å²) in [6.07, 6.45) is 4.61. The van der Waals surface area contributed by atoms with Crippen LogP contribution in [0.25, 0.3) is 22.0 Å². The Morgan fingerprint density at radius 3 is 2.57 bits per heavy atom. The second kappa shape index (κ2) is 5.69. The summed E-state index contributed by atoms with van der Waals surface area (Å²) in [5.41, 5.74) is 3.13. The Morgan fingerprint density at radius 2 is 1.79 bits per heavy atom. The summed E-state index contributed by atoms with van der Waals surface area (Å²) in [5, 5.41) is 17.5. The first kappa shape index (κ1) is 18.4. The van der Waals surface area contributed by atoms with Crippen LogP contribution in [-0.4, -0.2) is 21.2 Å². The first-order valence-electron chi connectivity index (χ1n) is 9.79. The maximum absolute atomic E-state index is 11.8. The monoisotopic (exact) mass is 414 g/mol. The summed E-state index contributed by atoms with van der Waals surface area (Å²) in [6, 6.07) is 10.4. The second-order valence-corrected chi connectivity index (χ2v) is 9.77. The van der Waals surface area contributed by atoms with Gasteiger partial charge in [-0.3, -0.25) is 0 Å². The van der Waals surface area contributed by atoms with Crippen LogP contribution < -0.4 is 5.32 Å². The van der Waals surface area contributed by atoms with Crippen molar-refractivity contribution in [1.82, 2.24) is 4.98 Å². The molecule has 2 unspecified atom stereocenters. The van der Waals surface area contributed by atoms with Crippen molar-refractivity contribution in [3.8, 4) is 11.1 Å². The van der Waals surface area contributed by atoms with Gasteiger partial charge in [-0.1, -0.05) is 48.3 Å². The fourth-order valence-electron chi connectivity index (χ4n) is 5.64. The molecule has 0 saturated heterocycles. The molecule has 5 heteroatoms. The van der Waals surface area contributed by atoms with Gasteiger partial charge in [0.25, 0.3) is 0 Å². The second-order valence-electron chi connectivity index (χ2n) is 9.02. The first-order valence-corrected chi connectivity index (χ1v) is 10.5. The van der Waals surface area contributed by atoms with Crippen LogP contribution in [-0.2, 0) is 5.41 Å². The molecule has 28 heavy (non-hydrogen) atoms. The van der Waals surface area contributed by atoms with E-state index < -0.39 is 11.1 Å². The molecule has 5 rings (SSSR count). The molecule has 2 aliphatic rings. The number of nitrogens with one attached hydrogen (secondary N) is 2. The lowest BCUT2D eigenvalue weighted by Gasteiger charge is -2.55. The van der Waals surface area contributed by atoms with Gasteiger partial charge in [-0.05, 0) is 56.2 Å². The highest BCUT2D eigenvalue weighted by Crippen LogP contribution is 2.61. The Balaban J connectivity index is 1.83. The SMILES string of the molecule is CC1(C)Nc2c(cc(-c3cccc4cc[nH]c34)c(Cl)c2Cl)C2(C)CCCC12O. The summed E-state index contributed by atoms with van der Waals surface area (Å²) < 4.78 is 0. The summed E-state index contributed by atoms with van der Waals surface area (Å²) in [4.78, 5) is 3.32. The number of anilines is 1. The quantitative estimate of drug-likeness (QED) is 0.424. The van der Waals surface area contributed by atoms with Crippen LogP contribution >= 0.6 is 23.2 Å². The molecule has 0 radical (unpaired) electrons. The van der Waals surface area contributed by atoms with Crippen LogP contribution in [0.1, 0.15) is 45.6 Å². The van der Waals surface area contributed by atoms with E-state index in [9.17, 15) is 5.11 Å². The highest BCUT2D eigenvalue weighted by molar-refractivity contribution is 6.45. The molecular formula is C23H24Cl2N2O. The number of hydrogen-bond acceptors (Lipinski definition) is 2. The molecule has 1 aromatic heterocycles. The van der Waals surface area contributed by atoms with Crippen LogP contribution in [0.2, 0.25) is 10.0 Å². The number of aliphatic hydroxyl groups is 1. The van der Waals surface area contributed by atoms with Crippen LogP contribution in [0.15, 0.2) is 36.5 Å². The minimum atomic E-state index is -0.847. The molecule has 1 saturated carbocycles. The number of hydrogen-bond donors (Lipinski definition) is 3. The summed E-state index contributed by atoms with van der Waals surface area (Å²) in [6.45, 7) is 6.28. The molecule has 3 nitrogen and oxygen atoms in total. The van der Waals surface area contributed by atoms with Gasteiger partial charge in [-0.2, -0.15) is 0 Å². The van der Waals surface area contributed by atoms with Crippen LogP contribution in [0.5, 0.6) is 0 Å². The zero-order valence-corrected chi connectivity index (χ0v) is 17.8. The van der Waals surface area contributed by atoms with E-state index in [4.69, 9.17) is 23.2 Å². The fraction of sp³-hybridized carbons (Fsp3) is 0.391. The maximum atomic E-state index is 11.8. The number of aromatic amines is 1.